The lowest BCUT2D eigenvalue weighted by Crippen LogP contribution is -2.27. The Morgan fingerprint density at radius 2 is 2.21 bits per heavy atom. The largest absolute Gasteiger partial charge is 0.312 e. The van der Waals surface area contributed by atoms with Crippen LogP contribution in [0.5, 0.6) is 0 Å². The number of benzene rings is 1. The molecule has 0 aromatic heterocycles. The van der Waals surface area contributed by atoms with Crippen LogP contribution >= 0.6 is 0 Å². The van der Waals surface area contributed by atoms with Gasteiger partial charge in [-0.1, -0.05) is 12.0 Å². The van der Waals surface area contributed by atoms with Crippen LogP contribution in [0.15, 0.2) is 24.3 Å². The van der Waals surface area contributed by atoms with E-state index in [4.69, 9.17) is 11.6 Å². The lowest BCUT2D eigenvalue weighted by Gasteiger charge is -2.16. The number of hydrogen-bond donors (Lipinski definition) is 1. The van der Waals surface area contributed by atoms with E-state index in [2.05, 4.69) is 5.92 Å². The maximum absolute atomic E-state index is 11.9. The predicted molar refractivity (Wildman–Crippen MR) is 72.8 cm³/mol. The van der Waals surface area contributed by atoms with E-state index in [9.17, 15) is 13.2 Å². The predicted octanol–water partition coefficient (Wildman–Crippen LogP) is 0.309. The molecule has 1 heterocycles. The van der Waals surface area contributed by atoms with Gasteiger partial charge in [0.15, 0.2) is 0 Å². The highest BCUT2D eigenvalue weighted by Gasteiger charge is 2.32. The molecule has 0 aliphatic carbocycles. The zero-order valence-corrected chi connectivity index (χ0v) is 11.1. The first kappa shape index (κ1) is 13.6. The Morgan fingerprint density at radius 3 is 2.84 bits per heavy atom. The summed E-state index contributed by atoms with van der Waals surface area (Å²) in [5.74, 6) is 1.95. The van der Waals surface area contributed by atoms with Crippen LogP contribution in [-0.2, 0) is 14.8 Å². The van der Waals surface area contributed by atoms with E-state index < -0.39 is 10.0 Å². The number of carbonyl (C=O) groups excluding carboxylic acids is 1. The van der Waals surface area contributed by atoms with Crippen molar-refractivity contribution in [2.75, 3.05) is 17.2 Å². The van der Waals surface area contributed by atoms with E-state index in [-0.39, 0.29) is 24.0 Å². The molecular formula is C13H14N2O3S. The van der Waals surface area contributed by atoms with Gasteiger partial charge in [0.2, 0.25) is 15.9 Å². The van der Waals surface area contributed by atoms with Gasteiger partial charge in [0.1, 0.15) is 0 Å². The number of anilines is 1. The molecule has 5 nitrogen and oxygen atoms in total. The average Bonchev–Trinajstić information content (AvgIpc) is 2.68. The normalized spacial score (nSPS) is 19.5. The Kier molecular flexibility index (Phi) is 3.60. The van der Waals surface area contributed by atoms with Crippen molar-refractivity contribution in [1.82, 2.24) is 0 Å². The summed E-state index contributed by atoms with van der Waals surface area (Å²) in [5.41, 5.74) is 1.37. The first-order valence-electron chi connectivity index (χ1n) is 5.76. The molecule has 0 bridgehead atoms. The lowest BCUT2D eigenvalue weighted by molar-refractivity contribution is -0.117. The smallest absolute Gasteiger partial charge is 0.227 e. The van der Waals surface area contributed by atoms with Crippen LogP contribution in [0.4, 0.5) is 5.69 Å². The molecule has 1 aliphatic heterocycles. The summed E-state index contributed by atoms with van der Waals surface area (Å²) >= 11 is 0. The van der Waals surface area contributed by atoms with Crippen LogP contribution in [0, 0.1) is 18.3 Å². The third kappa shape index (κ3) is 3.34. The van der Waals surface area contributed by atoms with Gasteiger partial charge >= 0.3 is 0 Å². The van der Waals surface area contributed by atoms with Crippen molar-refractivity contribution in [1.29, 1.82) is 0 Å². The fraction of sp³-hybridized carbons (Fsp3) is 0.308. The molecule has 0 radical (unpaired) electrons. The summed E-state index contributed by atoms with van der Waals surface area (Å²) in [4.78, 5) is 13.5. The van der Waals surface area contributed by atoms with E-state index in [1.165, 1.54) is 0 Å². The van der Waals surface area contributed by atoms with Crippen LogP contribution in [0.1, 0.15) is 12.0 Å². The summed E-state index contributed by atoms with van der Waals surface area (Å²) in [6.07, 6.45) is 5.50. The SMILES string of the molecule is C#Cc1cccc(N2CC(CS(N)(=O)=O)CC2=O)c1. The Hall–Kier alpha value is -1.84. The van der Waals surface area contributed by atoms with Crippen molar-refractivity contribution in [3.05, 3.63) is 29.8 Å². The van der Waals surface area contributed by atoms with Gasteiger partial charge in [0.05, 0.1) is 5.75 Å². The number of sulfonamides is 1. The van der Waals surface area contributed by atoms with E-state index in [1.807, 2.05) is 0 Å². The lowest BCUT2D eigenvalue weighted by atomic mass is 10.1. The second-order valence-corrected chi connectivity index (χ2v) is 6.26. The Morgan fingerprint density at radius 1 is 1.47 bits per heavy atom. The molecule has 1 fully saturated rings. The number of nitrogens with two attached hydrogens (primary N) is 1. The number of amides is 1. The Bertz CT molecular complexity index is 646. The highest BCUT2D eigenvalue weighted by Crippen LogP contribution is 2.26. The van der Waals surface area contributed by atoms with E-state index in [0.29, 0.717) is 17.8 Å². The fourth-order valence-corrected chi connectivity index (χ4v) is 3.12. The van der Waals surface area contributed by atoms with Gasteiger partial charge in [-0.05, 0) is 18.2 Å². The van der Waals surface area contributed by atoms with Crippen molar-refractivity contribution in [3.8, 4) is 12.3 Å². The minimum atomic E-state index is -3.56. The first-order chi connectivity index (χ1) is 8.89. The van der Waals surface area contributed by atoms with Crippen LogP contribution < -0.4 is 10.0 Å². The highest BCUT2D eigenvalue weighted by atomic mass is 32.2. The van der Waals surface area contributed by atoms with Crippen molar-refractivity contribution < 1.29 is 13.2 Å². The molecule has 1 aromatic rings. The molecule has 19 heavy (non-hydrogen) atoms. The quantitative estimate of drug-likeness (QED) is 0.808. The van der Waals surface area contributed by atoms with E-state index >= 15 is 0 Å². The third-order valence-electron chi connectivity index (χ3n) is 3.00. The molecule has 1 atom stereocenters. The average molecular weight is 278 g/mol. The number of hydrogen-bond acceptors (Lipinski definition) is 3. The van der Waals surface area contributed by atoms with Gasteiger partial charge in [-0.25, -0.2) is 13.6 Å². The molecular weight excluding hydrogens is 264 g/mol. The van der Waals surface area contributed by atoms with E-state index in [0.717, 1.165) is 0 Å². The molecule has 1 unspecified atom stereocenters. The number of rotatable bonds is 3. The van der Waals surface area contributed by atoms with Gasteiger partial charge in [0.25, 0.3) is 0 Å². The molecule has 2 N–H and O–H groups in total. The second-order valence-electron chi connectivity index (χ2n) is 4.60. The summed E-state index contributed by atoms with van der Waals surface area (Å²) in [6, 6.07) is 7.05. The summed E-state index contributed by atoms with van der Waals surface area (Å²) in [7, 11) is -3.56. The minimum absolute atomic E-state index is 0.108. The molecule has 1 saturated heterocycles. The van der Waals surface area contributed by atoms with Crippen molar-refractivity contribution >= 4 is 21.6 Å². The summed E-state index contributed by atoms with van der Waals surface area (Å²) < 4.78 is 22.1. The van der Waals surface area contributed by atoms with Gasteiger partial charge in [-0.2, -0.15) is 0 Å². The van der Waals surface area contributed by atoms with Crippen LogP contribution in [-0.4, -0.2) is 26.6 Å². The number of primary sulfonamides is 1. The maximum atomic E-state index is 11.9. The molecule has 0 saturated carbocycles. The molecule has 2 rings (SSSR count). The van der Waals surface area contributed by atoms with Gasteiger partial charge in [-0.15, -0.1) is 6.42 Å². The monoisotopic (exact) mass is 278 g/mol. The van der Waals surface area contributed by atoms with Crippen molar-refractivity contribution in [2.45, 2.75) is 6.42 Å². The van der Waals surface area contributed by atoms with Gasteiger partial charge < -0.3 is 4.90 Å². The van der Waals surface area contributed by atoms with Gasteiger partial charge in [0, 0.05) is 30.1 Å². The summed E-state index contributed by atoms with van der Waals surface area (Å²) in [5, 5.41) is 5.01. The Balaban J connectivity index is 2.18. The van der Waals surface area contributed by atoms with E-state index in [1.54, 1.807) is 29.2 Å². The minimum Gasteiger partial charge on any atom is -0.312 e. The zero-order chi connectivity index (χ0) is 14.0. The second kappa shape index (κ2) is 5.03. The molecule has 1 amide bonds. The topological polar surface area (TPSA) is 80.5 Å². The molecule has 0 spiro atoms. The van der Waals surface area contributed by atoms with Crippen LogP contribution in [0.3, 0.4) is 0 Å². The first-order valence-corrected chi connectivity index (χ1v) is 7.48. The number of nitrogens with zero attached hydrogens (tertiary/aromatic N) is 1. The number of carbonyl (C=O) groups is 1. The van der Waals surface area contributed by atoms with Crippen LogP contribution in [0.2, 0.25) is 0 Å². The van der Waals surface area contributed by atoms with Gasteiger partial charge in [-0.3, -0.25) is 4.79 Å². The van der Waals surface area contributed by atoms with Crippen LogP contribution in [0.25, 0.3) is 0 Å². The molecule has 100 valence electrons. The van der Waals surface area contributed by atoms with Crippen molar-refractivity contribution in [3.63, 3.8) is 0 Å². The zero-order valence-electron chi connectivity index (χ0n) is 10.2. The third-order valence-corrected chi connectivity index (χ3v) is 3.93. The fourth-order valence-electron chi connectivity index (χ4n) is 2.23. The number of terminal acetylenes is 1. The molecule has 1 aromatic carbocycles. The van der Waals surface area contributed by atoms with Crippen molar-refractivity contribution in [2.24, 2.45) is 11.1 Å². The standard InChI is InChI=1S/C13H14N2O3S/c1-2-10-4-3-5-12(6-10)15-8-11(7-13(15)16)9-19(14,17)18/h1,3-6,11H,7-9H2,(H2,14,17,18). The molecule has 1 aliphatic rings. The maximum Gasteiger partial charge on any atom is 0.227 e. The Labute approximate surface area is 112 Å². The highest BCUT2D eigenvalue weighted by molar-refractivity contribution is 7.89. The summed E-state index contributed by atoms with van der Waals surface area (Å²) in [6.45, 7) is 0.350. The molecule has 6 heteroatoms.